The summed E-state index contributed by atoms with van der Waals surface area (Å²) < 4.78 is 0. The van der Waals surface area contributed by atoms with Crippen LogP contribution in [0, 0.1) is 0 Å². The van der Waals surface area contributed by atoms with Gasteiger partial charge in [-0.1, -0.05) is 0 Å². The molecule has 0 amide bonds. The Hall–Kier alpha value is 0.0395. The minimum absolute atomic E-state index is 0.142. The molecule has 1 unspecified atom stereocenters. The van der Waals surface area contributed by atoms with E-state index in [0.717, 1.165) is 0 Å². The summed E-state index contributed by atoms with van der Waals surface area (Å²) in [5, 5.41) is 1.82. The third kappa shape index (κ3) is 2.52. The average Bonchev–Trinajstić information content (AvgIpc) is 2.03. The number of rotatable bonds is 1. The minimum atomic E-state index is -0.142. The van der Waals surface area contributed by atoms with E-state index in [9.17, 15) is 0 Å². The van der Waals surface area contributed by atoms with Gasteiger partial charge in [0.2, 0.25) is 0 Å². The summed E-state index contributed by atoms with van der Waals surface area (Å²) in [7, 11) is 0. The molecule has 1 rings (SSSR count). The third-order valence-corrected chi connectivity index (χ3v) is 8.36. The van der Waals surface area contributed by atoms with Crippen molar-refractivity contribution < 1.29 is 0 Å². The molecule has 0 N–H and O–H groups in total. The molecule has 0 aliphatic rings. The van der Waals surface area contributed by atoms with E-state index in [4.69, 9.17) is 0 Å². The molecule has 1 aromatic rings. The van der Waals surface area contributed by atoms with Crippen LogP contribution in [0.3, 0.4) is 0 Å². The molecule has 0 heterocycles. The van der Waals surface area contributed by atoms with Crippen molar-refractivity contribution in [3.63, 3.8) is 0 Å². The Morgan fingerprint density at radius 3 is 2.00 bits per heavy atom. The molecule has 0 aliphatic carbocycles. The number of benzene rings is 1. The molecule has 0 nitrogen and oxygen atoms in total. The van der Waals surface area contributed by atoms with Crippen LogP contribution in [0.5, 0.6) is 0 Å². The molecule has 0 fully saturated rings. The maximum atomic E-state index is 3.30. The number of hydrogen-bond donors (Lipinski definition) is 0. The van der Waals surface area contributed by atoms with Crippen LogP contribution in [0.4, 0.5) is 0 Å². The molecule has 64 valence electrons. The Labute approximate surface area is 83.0 Å². The summed E-state index contributed by atoms with van der Waals surface area (Å²) in [6.45, 7) is 6.84. The van der Waals surface area contributed by atoms with Gasteiger partial charge in [0.25, 0.3) is 0 Å². The zero-order valence-electron chi connectivity index (χ0n) is 7.74. The molecule has 0 spiro atoms. The van der Waals surface area contributed by atoms with Crippen LogP contribution in [0.25, 0.3) is 0 Å². The van der Waals surface area contributed by atoms with E-state index >= 15 is 0 Å². The van der Waals surface area contributed by atoms with Crippen molar-refractivity contribution in [3.05, 3.63) is 30.3 Å². The second-order valence-corrected chi connectivity index (χ2v) is 8.55. The van der Waals surface area contributed by atoms with Gasteiger partial charge in [-0.25, -0.2) is 0 Å². The summed E-state index contributed by atoms with van der Waals surface area (Å²) in [6, 6.07) is 10.7. The van der Waals surface area contributed by atoms with Crippen molar-refractivity contribution in [1.29, 1.82) is 0 Å². The molecular formula is C10H14PSe+. The van der Waals surface area contributed by atoms with E-state index in [-0.39, 0.29) is 6.17 Å². The molecule has 0 aliphatic heterocycles. The van der Waals surface area contributed by atoms with Crippen LogP contribution in [-0.4, -0.2) is 20.3 Å². The van der Waals surface area contributed by atoms with Crippen molar-refractivity contribution in [1.82, 2.24) is 0 Å². The molecule has 12 heavy (non-hydrogen) atoms. The van der Waals surface area contributed by atoms with Crippen LogP contribution >= 0.6 is 6.17 Å². The summed E-state index contributed by atoms with van der Waals surface area (Å²) in [6.07, 6.45) is -0.142. The summed E-state index contributed by atoms with van der Waals surface area (Å²) in [4.78, 5) is 0. The van der Waals surface area contributed by atoms with E-state index in [1.807, 2.05) is 0 Å². The molecule has 0 bridgehead atoms. The molecule has 2 heteroatoms. The first-order chi connectivity index (χ1) is 5.52. The third-order valence-electron chi connectivity index (χ3n) is 1.60. The van der Waals surface area contributed by atoms with Crippen LogP contribution in [-0.2, 0) is 0 Å². The van der Waals surface area contributed by atoms with Gasteiger partial charge in [-0.2, -0.15) is 0 Å². The standard InChI is InChI=1S/C10H14PSe/c1-10(2,3)11(12)9-7-5-4-6-8-9/h4-8H,1-3H3/q+1. The van der Waals surface area contributed by atoms with Gasteiger partial charge in [0.15, 0.2) is 0 Å². The second-order valence-electron chi connectivity index (χ2n) is 3.80. The van der Waals surface area contributed by atoms with E-state index < -0.39 is 0 Å². The van der Waals surface area contributed by atoms with Crippen molar-refractivity contribution in [2.75, 3.05) is 0 Å². The van der Waals surface area contributed by atoms with Crippen LogP contribution in [0.15, 0.2) is 30.3 Å². The molecule has 1 atom stereocenters. The van der Waals surface area contributed by atoms with Crippen molar-refractivity contribution in [2.24, 2.45) is 0 Å². The predicted molar refractivity (Wildman–Crippen MR) is 58.5 cm³/mol. The van der Waals surface area contributed by atoms with Crippen LogP contribution in [0.2, 0.25) is 0 Å². The topological polar surface area (TPSA) is 0 Å². The second kappa shape index (κ2) is 3.83. The van der Waals surface area contributed by atoms with Gasteiger partial charge in [0, 0.05) is 0 Å². The van der Waals surface area contributed by atoms with E-state index in [1.54, 1.807) is 0 Å². The Kier molecular flexibility index (Phi) is 3.23. The number of hydrogen-bond acceptors (Lipinski definition) is 0. The Balaban J connectivity index is 2.94. The van der Waals surface area contributed by atoms with Gasteiger partial charge in [-0.05, 0) is 0 Å². The van der Waals surface area contributed by atoms with Gasteiger partial charge >= 0.3 is 82.8 Å². The zero-order valence-corrected chi connectivity index (χ0v) is 10.3. The SMILES string of the molecule is CC(C)(C)[P+](=[Se])c1ccccc1. The van der Waals surface area contributed by atoms with Gasteiger partial charge in [-0.15, -0.1) is 0 Å². The van der Waals surface area contributed by atoms with E-state index in [2.05, 4.69) is 66.2 Å². The first-order valence-electron chi connectivity index (χ1n) is 4.04. The fraction of sp³-hybridized carbons (Fsp3) is 0.400. The molecular weight excluding hydrogens is 230 g/mol. The summed E-state index contributed by atoms with van der Waals surface area (Å²) in [5.74, 6) is 0. The van der Waals surface area contributed by atoms with E-state index in [1.165, 1.54) is 5.30 Å². The van der Waals surface area contributed by atoms with Crippen molar-refractivity contribution in [3.8, 4) is 0 Å². The maximum absolute atomic E-state index is 3.30. The monoisotopic (exact) mass is 245 g/mol. The zero-order chi connectivity index (χ0) is 9.19. The fourth-order valence-corrected chi connectivity index (χ4v) is 2.93. The Bertz CT molecular complexity index is 272. The van der Waals surface area contributed by atoms with Crippen molar-refractivity contribution in [2.45, 2.75) is 25.9 Å². The summed E-state index contributed by atoms with van der Waals surface area (Å²) >= 11 is 3.30. The first-order valence-corrected chi connectivity index (χ1v) is 7.60. The molecule has 0 saturated heterocycles. The van der Waals surface area contributed by atoms with Gasteiger partial charge in [0.05, 0.1) is 0 Å². The van der Waals surface area contributed by atoms with Crippen LogP contribution in [0.1, 0.15) is 20.8 Å². The molecule has 0 aromatic heterocycles. The van der Waals surface area contributed by atoms with Gasteiger partial charge < -0.3 is 0 Å². The Morgan fingerprint density at radius 1 is 1.08 bits per heavy atom. The van der Waals surface area contributed by atoms with Gasteiger partial charge in [-0.3, -0.25) is 0 Å². The van der Waals surface area contributed by atoms with Crippen molar-refractivity contribution >= 4 is 26.6 Å². The predicted octanol–water partition coefficient (Wildman–Crippen LogP) is 2.68. The summed E-state index contributed by atoms with van der Waals surface area (Å²) in [5.41, 5.74) is 0. The average molecular weight is 244 g/mol. The Morgan fingerprint density at radius 2 is 1.58 bits per heavy atom. The molecule has 0 saturated carbocycles. The van der Waals surface area contributed by atoms with Gasteiger partial charge in [0.1, 0.15) is 0 Å². The fourth-order valence-electron chi connectivity index (χ4n) is 0.951. The first kappa shape index (κ1) is 10.1. The van der Waals surface area contributed by atoms with Crippen LogP contribution < -0.4 is 5.30 Å². The van der Waals surface area contributed by atoms with E-state index in [0.29, 0.717) is 5.16 Å². The molecule has 0 radical (unpaired) electrons. The quantitative estimate of drug-likeness (QED) is 0.526. The normalized spacial score (nSPS) is 12.8. The molecule has 1 aromatic carbocycles.